The number of carbonyl (C=O) groups is 1. The van der Waals surface area contributed by atoms with E-state index in [1.54, 1.807) is 24.0 Å². The van der Waals surface area contributed by atoms with Gasteiger partial charge < -0.3 is 14.0 Å². The van der Waals surface area contributed by atoms with Crippen molar-refractivity contribution in [2.45, 2.75) is 51.0 Å². The molecule has 1 saturated carbocycles. The molecule has 1 amide bonds. The van der Waals surface area contributed by atoms with Crippen molar-refractivity contribution in [3.63, 3.8) is 0 Å². The number of fused-ring (bicyclic) bond motifs is 1. The summed E-state index contributed by atoms with van der Waals surface area (Å²) in [6, 6.07) is 13.2. The van der Waals surface area contributed by atoms with Gasteiger partial charge in [-0.2, -0.15) is 4.98 Å². The Hall–Kier alpha value is -3.52. The van der Waals surface area contributed by atoms with Crippen molar-refractivity contribution in [1.29, 1.82) is 0 Å². The van der Waals surface area contributed by atoms with E-state index in [1.807, 2.05) is 34.9 Å². The second kappa shape index (κ2) is 8.61. The second-order valence-corrected chi connectivity index (χ2v) is 9.79. The zero-order chi connectivity index (χ0) is 24.1. The van der Waals surface area contributed by atoms with E-state index in [2.05, 4.69) is 15.1 Å². The third kappa shape index (κ3) is 3.91. The lowest BCUT2D eigenvalue weighted by Gasteiger charge is -2.17. The summed E-state index contributed by atoms with van der Waals surface area (Å²) in [5.74, 6) is 0.662. The predicted molar refractivity (Wildman–Crippen MR) is 133 cm³/mol. The number of benzene rings is 2. The minimum Gasteiger partial charge on any atom is -0.339 e. The fourth-order valence-corrected chi connectivity index (χ4v) is 5.46. The van der Waals surface area contributed by atoms with Gasteiger partial charge in [0.05, 0.1) is 17.0 Å². The van der Waals surface area contributed by atoms with E-state index in [0.29, 0.717) is 35.4 Å². The third-order valence-corrected chi connectivity index (χ3v) is 7.27. The highest BCUT2D eigenvalue weighted by molar-refractivity contribution is 6.30. The van der Waals surface area contributed by atoms with Crippen LogP contribution in [0.3, 0.4) is 0 Å². The maximum atomic E-state index is 12.9. The van der Waals surface area contributed by atoms with E-state index < -0.39 is 0 Å². The van der Waals surface area contributed by atoms with Crippen LogP contribution >= 0.6 is 11.6 Å². The first-order valence-electron chi connectivity index (χ1n) is 11.9. The molecule has 0 unspecified atom stereocenters. The number of hydrogen-bond donors (Lipinski definition) is 0. The van der Waals surface area contributed by atoms with Crippen molar-refractivity contribution < 1.29 is 9.32 Å². The predicted octanol–water partition coefficient (Wildman–Crippen LogP) is 5.04. The Kier molecular flexibility index (Phi) is 5.40. The highest BCUT2D eigenvalue weighted by Gasteiger charge is 2.35. The molecule has 2 aromatic carbocycles. The summed E-state index contributed by atoms with van der Waals surface area (Å²) < 4.78 is 7.48. The Labute approximate surface area is 206 Å². The number of amides is 1. The Morgan fingerprint density at radius 3 is 2.69 bits per heavy atom. The van der Waals surface area contributed by atoms with Crippen molar-refractivity contribution in [3.8, 4) is 11.4 Å². The molecule has 0 N–H and O–H groups in total. The topological polar surface area (TPSA) is 94.1 Å². The quantitative estimate of drug-likeness (QED) is 0.398. The first-order chi connectivity index (χ1) is 17.0. The molecule has 2 aliphatic rings. The van der Waals surface area contributed by atoms with Gasteiger partial charge >= 0.3 is 0 Å². The van der Waals surface area contributed by atoms with Crippen LogP contribution in [0.5, 0.6) is 0 Å². The Balaban J connectivity index is 1.30. The maximum absolute atomic E-state index is 12.9. The van der Waals surface area contributed by atoms with Crippen LogP contribution in [0.2, 0.25) is 5.02 Å². The molecular weight excluding hydrogens is 466 g/mol. The maximum Gasteiger partial charge on any atom is 0.272 e. The van der Waals surface area contributed by atoms with Gasteiger partial charge in [-0.1, -0.05) is 35.7 Å². The van der Waals surface area contributed by atoms with Crippen molar-refractivity contribution in [3.05, 3.63) is 69.4 Å². The van der Waals surface area contributed by atoms with Gasteiger partial charge in [0, 0.05) is 35.3 Å². The number of anilines is 1. The van der Waals surface area contributed by atoms with Crippen LogP contribution in [-0.4, -0.2) is 32.1 Å². The molecule has 8 nitrogen and oxygen atoms in total. The van der Waals surface area contributed by atoms with Crippen molar-refractivity contribution in [2.24, 2.45) is 0 Å². The molecular formula is C26H24ClN5O3. The lowest BCUT2D eigenvalue weighted by atomic mass is 10.1. The molecule has 2 aromatic heterocycles. The number of aryl methyl sites for hydroxylation is 1. The standard InChI is InChI=1S/C26H24ClN5O3/c1-15-26(34)32(19-6-2-3-7-19)22-10-9-16(11-21(22)28-15)24-29-25(35-30-24)17-12-23(33)31(14-17)20-8-4-5-18(27)13-20/h4-5,8-11,13,17,19H,2-3,6-7,12,14H2,1H3/t17-/m1/s1. The van der Waals surface area contributed by atoms with Gasteiger partial charge in [-0.25, -0.2) is 4.98 Å². The minimum atomic E-state index is -0.198. The molecule has 1 atom stereocenters. The van der Waals surface area contributed by atoms with E-state index in [4.69, 9.17) is 16.1 Å². The normalized spacial score (nSPS) is 18.7. The number of rotatable bonds is 4. The molecule has 178 valence electrons. The molecule has 2 fully saturated rings. The molecule has 4 aromatic rings. The number of halogens is 1. The van der Waals surface area contributed by atoms with Gasteiger partial charge in [0.25, 0.3) is 5.56 Å². The average molecular weight is 490 g/mol. The summed E-state index contributed by atoms with van der Waals surface area (Å²) in [5.41, 5.74) is 3.55. The van der Waals surface area contributed by atoms with Crippen LogP contribution in [0.1, 0.15) is 55.6 Å². The second-order valence-electron chi connectivity index (χ2n) is 9.36. The van der Waals surface area contributed by atoms with Gasteiger partial charge in [-0.05, 0) is 56.2 Å². The number of aromatic nitrogens is 4. The molecule has 1 aliphatic heterocycles. The molecule has 1 saturated heterocycles. The zero-order valence-corrected chi connectivity index (χ0v) is 20.0. The van der Waals surface area contributed by atoms with Gasteiger partial charge in [0.2, 0.25) is 17.6 Å². The molecule has 3 heterocycles. The molecule has 35 heavy (non-hydrogen) atoms. The smallest absolute Gasteiger partial charge is 0.272 e. The van der Waals surface area contributed by atoms with E-state index in [9.17, 15) is 9.59 Å². The Morgan fingerprint density at radius 2 is 1.89 bits per heavy atom. The highest BCUT2D eigenvalue weighted by Crippen LogP contribution is 2.34. The van der Waals surface area contributed by atoms with Crippen LogP contribution in [0, 0.1) is 6.92 Å². The summed E-state index contributed by atoms with van der Waals surface area (Å²) in [6.45, 7) is 2.21. The monoisotopic (exact) mass is 489 g/mol. The SMILES string of the molecule is Cc1nc2cc(-c3noc([C@@H]4CC(=O)N(c5cccc(Cl)c5)C4)n3)ccc2n(C2CCCC2)c1=O. The Bertz CT molecular complexity index is 1500. The summed E-state index contributed by atoms with van der Waals surface area (Å²) in [7, 11) is 0. The average Bonchev–Trinajstić information content (AvgIpc) is 3.61. The van der Waals surface area contributed by atoms with Gasteiger partial charge in [-0.3, -0.25) is 9.59 Å². The molecule has 6 rings (SSSR count). The van der Waals surface area contributed by atoms with Crippen LogP contribution in [0.25, 0.3) is 22.4 Å². The lowest BCUT2D eigenvalue weighted by Crippen LogP contribution is -2.26. The number of nitrogens with zero attached hydrogens (tertiary/aromatic N) is 5. The van der Waals surface area contributed by atoms with Crippen LogP contribution < -0.4 is 10.5 Å². The van der Waals surface area contributed by atoms with Crippen LogP contribution in [0.4, 0.5) is 5.69 Å². The van der Waals surface area contributed by atoms with E-state index >= 15 is 0 Å². The largest absolute Gasteiger partial charge is 0.339 e. The summed E-state index contributed by atoms with van der Waals surface area (Å²) >= 11 is 6.10. The molecule has 0 radical (unpaired) electrons. The van der Waals surface area contributed by atoms with Gasteiger partial charge in [-0.15, -0.1) is 0 Å². The van der Waals surface area contributed by atoms with Gasteiger partial charge in [0.1, 0.15) is 5.69 Å². The lowest BCUT2D eigenvalue weighted by molar-refractivity contribution is -0.117. The summed E-state index contributed by atoms with van der Waals surface area (Å²) in [4.78, 5) is 36.4. The molecule has 1 aliphatic carbocycles. The van der Waals surface area contributed by atoms with Crippen molar-refractivity contribution >= 4 is 34.2 Å². The third-order valence-electron chi connectivity index (χ3n) is 7.04. The van der Waals surface area contributed by atoms with Crippen LogP contribution in [-0.2, 0) is 4.79 Å². The molecule has 0 spiro atoms. The zero-order valence-electron chi connectivity index (χ0n) is 19.3. The van der Waals surface area contributed by atoms with E-state index in [0.717, 1.165) is 48.0 Å². The minimum absolute atomic E-state index is 0.00715. The fourth-order valence-electron chi connectivity index (χ4n) is 5.28. The summed E-state index contributed by atoms with van der Waals surface area (Å²) in [5, 5.41) is 4.76. The first-order valence-corrected chi connectivity index (χ1v) is 12.3. The fraction of sp³-hybridized carbons (Fsp3) is 0.346. The van der Waals surface area contributed by atoms with Crippen LogP contribution in [0.15, 0.2) is 51.8 Å². The summed E-state index contributed by atoms with van der Waals surface area (Å²) in [6.07, 6.45) is 4.60. The van der Waals surface area contributed by atoms with Crippen molar-refractivity contribution in [2.75, 3.05) is 11.4 Å². The molecule has 0 bridgehead atoms. The van der Waals surface area contributed by atoms with Crippen molar-refractivity contribution in [1.82, 2.24) is 19.7 Å². The highest BCUT2D eigenvalue weighted by atomic mass is 35.5. The first kappa shape index (κ1) is 22.0. The number of carbonyl (C=O) groups excluding carboxylic acids is 1. The van der Waals surface area contributed by atoms with E-state index in [-0.39, 0.29) is 23.4 Å². The van der Waals surface area contributed by atoms with Gasteiger partial charge in [0.15, 0.2) is 0 Å². The number of hydrogen-bond acceptors (Lipinski definition) is 6. The molecule has 9 heteroatoms. The Morgan fingerprint density at radius 1 is 1.06 bits per heavy atom. The van der Waals surface area contributed by atoms with E-state index in [1.165, 1.54) is 0 Å².